The lowest BCUT2D eigenvalue weighted by Gasteiger charge is -2.39. The van der Waals surface area contributed by atoms with Gasteiger partial charge in [-0.25, -0.2) is 0 Å². The number of nitrogens with zero attached hydrogens (tertiary/aromatic N) is 3. The number of carbonyl (C=O) groups is 1. The first kappa shape index (κ1) is 20.6. The Morgan fingerprint density at radius 2 is 1.48 bits per heavy atom. The highest BCUT2D eigenvalue weighted by molar-refractivity contribution is 5.91. The van der Waals surface area contributed by atoms with Crippen LogP contribution in [-0.2, 0) is 4.79 Å². The number of hydrogen-bond acceptors (Lipinski definition) is 5. The number of benzene rings is 2. The summed E-state index contributed by atoms with van der Waals surface area (Å²) in [6.45, 7) is 2.72. The molecule has 31 heavy (non-hydrogen) atoms. The predicted molar refractivity (Wildman–Crippen MR) is 117 cm³/mol. The van der Waals surface area contributed by atoms with Crippen LogP contribution in [0.4, 0.5) is 5.88 Å². The van der Waals surface area contributed by atoms with Crippen molar-refractivity contribution in [2.45, 2.75) is 6.04 Å². The van der Waals surface area contributed by atoms with Gasteiger partial charge in [-0.1, -0.05) is 60.7 Å². The van der Waals surface area contributed by atoms with Crippen molar-refractivity contribution >= 4 is 17.9 Å². The minimum Gasteiger partial charge on any atom is -0.401 e. The molecule has 2 heterocycles. The zero-order chi connectivity index (χ0) is 21.6. The lowest BCUT2D eigenvalue weighted by atomic mass is 9.96. The van der Waals surface area contributed by atoms with Crippen LogP contribution in [0.25, 0.3) is 6.08 Å². The van der Waals surface area contributed by atoms with Crippen molar-refractivity contribution < 1.29 is 14.1 Å². The van der Waals surface area contributed by atoms with E-state index in [2.05, 4.69) is 53.4 Å². The fourth-order valence-corrected chi connectivity index (χ4v) is 3.87. The third-order valence-electron chi connectivity index (χ3n) is 5.40. The molecule has 0 radical (unpaired) electrons. The molecule has 0 atom stereocenters. The first-order chi connectivity index (χ1) is 15.1. The summed E-state index contributed by atoms with van der Waals surface area (Å²) in [5.41, 5.74) is 2.46. The molecule has 0 aliphatic carbocycles. The minimum atomic E-state index is -0.603. The third-order valence-corrected chi connectivity index (χ3v) is 5.40. The van der Waals surface area contributed by atoms with Gasteiger partial charge in [0.1, 0.15) is 10.7 Å². The average Bonchev–Trinajstić information content (AvgIpc) is 3.29. The van der Waals surface area contributed by atoms with Crippen LogP contribution in [0.1, 0.15) is 22.9 Å². The Labute approximate surface area is 180 Å². The molecule has 0 bridgehead atoms. The smallest absolute Gasteiger partial charge is 0.401 e. The van der Waals surface area contributed by atoms with Gasteiger partial charge in [0.05, 0.1) is 12.1 Å². The van der Waals surface area contributed by atoms with Crippen molar-refractivity contribution in [2.24, 2.45) is 0 Å². The Bertz CT molecular complexity index is 1020. The van der Waals surface area contributed by atoms with E-state index in [-0.39, 0.29) is 23.6 Å². The van der Waals surface area contributed by atoms with Gasteiger partial charge in [0.15, 0.2) is 0 Å². The van der Waals surface area contributed by atoms with Gasteiger partial charge in [-0.15, -0.1) is 0 Å². The molecule has 3 aromatic rings. The van der Waals surface area contributed by atoms with E-state index in [1.54, 1.807) is 4.90 Å². The second kappa shape index (κ2) is 9.40. The van der Waals surface area contributed by atoms with Crippen LogP contribution in [0.15, 0.2) is 83.3 Å². The maximum absolute atomic E-state index is 12.6. The van der Waals surface area contributed by atoms with Crippen LogP contribution in [-0.4, -0.2) is 46.8 Å². The second-order valence-electron chi connectivity index (χ2n) is 7.35. The molecule has 158 valence electrons. The van der Waals surface area contributed by atoms with Gasteiger partial charge in [-0.05, 0) is 23.3 Å². The van der Waals surface area contributed by atoms with E-state index in [0.29, 0.717) is 13.1 Å². The number of rotatable bonds is 6. The maximum atomic E-state index is 12.6. The Morgan fingerprint density at radius 3 is 2.00 bits per heavy atom. The van der Waals surface area contributed by atoms with Crippen molar-refractivity contribution in [1.29, 1.82) is 0 Å². The highest BCUT2D eigenvalue weighted by Crippen LogP contribution is 2.29. The van der Waals surface area contributed by atoms with Gasteiger partial charge in [0.2, 0.25) is 5.91 Å². The van der Waals surface area contributed by atoms with E-state index >= 15 is 0 Å². The normalized spacial score (nSPS) is 14.9. The molecular weight excluding hydrogens is 394 g/mol. The van der Waals surface area contributed by atoms with E-state index in [1.165, 1.54) is 35.4 Å². The Hall–Kier alpha value is -3.71. The van der Waals surface area contributed by atoms with Crippen LogP contribution >= 0.6 is 0 Å². The highest BCUT2D eigenvalue weighted by atomic mass is 16.6. The van der Waals surface area contributed by atoms with Crippen molar-refractivity contribution in [3.63, 3.8) is 0 Å². The van der Waals surface area contributed by atoms with Crippen LogP contribution in [0.5, 0.6) is 0 Å². The lowest BCUT2D eigenvalue weighted by molar-refractivity contribution is -0.402. The highest BCUT2D eigenvalue weighted by Gasteiger charge is 2.27. The zero-order valence-corrected chi connectivity index (χ0v) is 17.0. The van der Waals surface area contributed by atoms with Crippen molar-refractivity contribution in [3.8, 4) is 0 Å². The fourth-order valence-electron chi connectivity index (χ4n) is 3.87. The second-order valence-corrected chi connectivity index (χ2v) is 7.35. The predicted octanol–water partition coefficient (Wildman–Crippen LogP) is 4.13. The summed E-state index contributed by atoms with van der Waals surface area (Å²) in [7, 11) is 0. The van der Waals surface area contributed by atoms with Gasteiger partial charge >= 0.3 is 5.88 Å². The number of furan rings is 1. The molecule has 4 rings (SSSR count). The van der Waals surface area contributed by atoms with Gasteiger partial charge in [-0.2, -0.15) is 0 Å². The van der Waals surface area contributed by atoms with E-state index in [4.69, 9.17) is 4.42 Å². The zero-order valence-electron chi connectivity index (χ0n) is 17.0. The van der Waals surface area contributed by atoms with Crippen molar-refractivity contribution in [3.05, 3.63) is 106 Å². The average molecular weight is 417 g/mol. The van der Waals surface area contributed by atoms with Gasteiger partial charge < -0.3 is 9.32 Å². The molecule has 2 aromatic carbocycles. The minimum absolute atomic E-state index is 0.130. The van der Waals surface area contributed by atoms with E-state index in [0.717, 1.165) is 13.1 Å². The van der Waals surface area contributed by atoms with Crippen LogP contribution in [0.2, 0.25) is 0 Å². The van der Waals surface area contributed by atoms with Gasteiger partial charge in [0.25, 0.3) is 0 Å². The molecule has 0 spiro atoms. The topological polar surface area (TPSA) is 79.8 Å². The molecule has 1 aliphatic rings. The number of carbonyl (C=O) groups excluding carboxylic acids is 1. The van der Waals surface area contributed by atoms with E-state index in [1.807, 2.05) is 12.1 Å². The summed E-state index contributed by atoms with van der Waals surface area (Å²) in [6.07, 6.45) is 2.88. The third kappa shape index (κ3) is 4.90. The fraction of sp³-hybridized carbons (Fsp3) is 0.208. The Kier molecular flexibility index (Phi) is 6.24. The van der Waals surface area contributed by atoms with Gasteiger partial charge in [0, 0.05) is 32.3 Å². The summed E-state index contributed by atoms with van der Waals surface area (Å²) in [6, 6.07) is 23.7. The molecule has 1 saturated heterocycles. The maximum Gasteiger partial charge on any atom is 0.433 e. The molecule has 1 aromatic heterocycles. The molecule has 0 saturated carbocycles. The number of piperazine rings is 1. The largest absolute Gasteiger partial charge is 0.433 e. The summed E-state index contributed by atoms with van der Waals surface area (Å²) >= 11 is 0. The number of hydrogen-bond donors (Lipinski definition) is 0. The molecular formula is C24H23N3O4. The SMILES string of the molecule is O=C(/C=C/c1ccc([N+](=O)[O-])o1)N1CCN(C(c2ccccc2)c2ccccc2)CC1. The summed E-state index contributed by atoms with van der Waals surface area (Å²) < 4.78 is 5.06. The Balaban J connectivity index is 1.42. The van der Waals surface area contributed by atoms with Gasteiger partial charge in [-0.3, -0.25) is 19.8 Å². The van der Waals surface area contributed by atoms with E-state index < -0.39 is 4.92 Å². The summed E-state index contributed by atoms with van der Waals surface area (Å²) in [5.74, 6) is -0.185. The molecule has 0 N–H and O–H groups in total. The Morgan fingerprint density at radius 1 is 0.903 bits per heavy atom. The quantitative estimate of drug-likeness (QED) is 0.342. The molecule has 0 unspecified atom stereocenters. The van der Waals surface area contributed by atoms with E-state index in [9.17, 15) is 14.9 Å². The summed E-state index contributed by atoms with van der Waals surface area (Å²) in [4.78, 5) is 26.9. The first-order valence-corrected chi connectivity index (χ1v) is 10.2. The molecule has 7 heteroatoms. The van der Waals surface area contributed by atoms with Crippen molar-refractivity contribution in [1.82, 2.24) is 9.80 Å². The molecule has 7 nitrogen and oxygen atoms in total. The van der Waals surface area contributed by atoms with Crippen LogP contribution in [0.3, 0.4) is 0 Å². The molecule has 1 aliphatic heterocycles. The summed E-state index contributed by atoms with van der Waals surface area (Å²) in [5, 5.41) is 10.7. The van der Waals surface area contributed by atoms with Crippen molar-refractivity contribution in [2.75, 3.05) is 26.2 Å². The lowest BCUT2D eigenvalue weighted by Crippen LogP contribution is -2.49. The monoisotopic (exact) mass is 417 g/mol. The molecule has 1 amide bonds. The van der Waals surface area contributed by atoms with Crippen LogP contribution < -0.4 is 0 Å². The first-order valence-electron chi connectivity index (χ1n) is 10.2. The number of amides is 1. The number of nitro groups is 1. The molecule has 1 fully saturated rings. The van der Waals surface area contributed by atoms with Crippen LogP contribution in [0, 0.1) is 10.1 Å². The standard InChI is InChI=1S/C24H23N3O4/c28-22(13-11-21-12-14-23(31-21)27(29)30)25-15-17-26(18-16-25)24(19-7-3-1-4-8-19)20-9-5-2-6-10-20/h1-14,24H,15-18H2/b13-11+.